The van der Waals surface area contributed by atoms with Crippen LogP contribution < -0.4 is 10.2 Å². The monoisotopic (exact) mass is 471 g/mol. The van der Waals surface area contributed by atoms with E-state index in [-0.39, 0.29) is 29.1 Å². The fourth-order valence-electron chi connectivity index (χ4n) is 3.24. The van der Waals surface area contributed by atoms with Gasteiger partial charge in [-0.15, -0.1) is 0 Å². The minimum Gasteiger partial charge on any atom is -0.326 e. The number of hydrogen-bond acceptors (Lipinski definition) is 4. The molecule has 0 unspecified atom stereocenters. The number of carbonyl (C=O) groups is 2. The zero-order valence-corrected chi connectivity index (χ0v) is 18.2. The largest absolute Gasteiger partial charge is 0.326 e. The molecular weight excluding hydrogens is 456 g/mol. The van der Waals surface area contributed by atoms with Gasteiger partial charge in [-0.1, -0.05) is 29.3 Å². The molecule has 0 saturated carbocycles. The predicted molar refractivity (Wildman–Crippen MR) is 121 cm³/mol. The normalized spacial score (nSPS) is 10.9. The van der Waals surface area contributed by atoms with Crippen molar-refractivity contribution in [3.63, 3.8) is 0 Å². The first-order chi connectivity index (χ1) is 15.3. The second-order valence-electron chi connectivity index (χ2n) is 6.89. The Bertz CT molecular complexity index is 1340. The quantitative estimate of drug-likeness (QED) is 0.442. The summed E-state index contributed by atoms with van der Waals surface area (Å²) in [6, 6.07) is 10.4. The van der Waals surface area contributed by atoms with E-state index in [2.05, 4.69) is 15.4 Å². The Morgan fingerprint density at radius 3 is 2.69 bits per heavy atom. The molecule has 0 aliphatic carbocycles. The van der Waals surface area contributed by atoms with Crippen LogP contribution in [-0.4, -0.2) is 26.4 Å². The number of hydrogen-bond donors (Lipinski definition) is 1. The Morgan fingerprint density at radius 2 is 1.94 bits per heavy atom. The highest BCUT2D eigenvalue weighted by Crippen LogP contribution is 2.34. The van der Waals surface area contributed by atoms with Crippen LogP contribution in [0.5, 0.6) is 0 Å². The first-order valence-electron chi connectivity index (χ1n) is 9.46. The Labute approximate surface area is 192 Å². The molecule has 32 heavy (non-hydrogen) atoms. The van der Waals surface area contributed by atoms with Gasteiger partial charge in [-0.2, -0.15) is 5.10 Å². The van der Waals surface area contributed by atoms with Gasteiger partial charge in [-0.25, -0.2) is 13.9 Å². The lowest BCUT2D eigenvalue weighted by atomic mass is 10.1. The molecule has 0 fully saturated rings. The number of nitrogens with one attached hydrogen (secondary N) is 1. The summed E-state index contributed by atoms with van der Waals surface area (Å²) >= 11 is 12.5. The lowest BCUT2D eigenvalue weighted by Gasteiger charge is -2.22. The van der Waals surface area contributed by atoms with Gasteiger partial charge in [-0.05, 0) is 35.9 Å². The van der Waals surface area contributed by atoms with Crippen molar-refractivity contribution in [3.8, 4) is 0 Å². The zero-order valence-electron chi connectivity index (χ0n) is 16.7. The predicted octanol–water partition coefficient (Wildman–Crippen LogP) is 5.04. The molecule has 1 N–H and O–H groups in total. The summed E-state index contributed by atoms with van der Waals surface area (Å²) < 4.78 is 14.8. The van der Waals surface area contributed by atoms with Crippen molar-refractivity contribution in [3.05, 3.63) is 82.5 Å². The van der Waals surface area contributed by atoms with Crippen molar-refractivity contribution in [1.82, 2.24) is 14.6 Å². The number of rotatable bonds is 5. The number of halogens is 3. The highest BCUT2D eigenvalue weighted by Gasteiger charge is 2.21. The van der Waals surface area contributed by atoms with Crippen molar-refractivity contribution in [2.75, 3.05) is 10.2 Å². The van der Waals surface area contributed by atoms with E-state index in [9.17, 15) is 14.0 Å². The maximum atomic E-state index is 13.2. The summed E-state index contributed by atoms with van der Waals surface area (Å²) in [7, 11) is 0. The SMILES string of the molecule is CC(=O)N(c1cc(NC(=O)Cc2ccc(F)cc2Cl)ccn1)c1ccn2nccc2c1Cl. The van der Waals surface area contributed by atoms with Gasteiger partial charge in [-0.3, -0.25) is 14.5 Å². The van der Waals surface area contributed by atoms with Crippen LogP contribution in [0.3, 0.4) is 0 Å². The summed E-state index contributed by atoms with van der Waals surface area (Å²) in [5.41, 5.74) is 1.98. The molecule has 3 heterocycles. The van der Waals surface area contributed by atoms with Crippen LogP contribution in [0, 0.1) is 5.82 Å². The molecule has 162 valence electrons. The van der Waals surface area contributed by atoms with Gasteiger partial charge in [0.1, 0.15) is 11.6 Å². The van der Waals surface area contributed by atoms with Gasteiger partial charge in [0.2, 0.25) is 11.8 Å². The molecular formula is C22H16Cl2FN5O2. The highest BCUT2D eigenvalue weighted by molar-refractivity contribution is 6.37. The van der Waals surface area contributed by atoms with Crippen LogP contribution in [0.15, 0.2) is 61.1 Å². The molecule has 0 aliphatic heterocycles. The maximum absolute atomic E-state index is 13.2. The third-order valence-corrected chi connectivity index (χ3v) is 5.41. The number of nitrogens with zero attached hydrogens (tertiary/aromatic N) is 4. The molecule has 3 aromatic heterocycles. The minimum atomic E-state index is -0.477. The van der Waals surface area contributed by atoms with Crippen LogP contribution in [0.2, 0.25) is 10.0 Å². The van der Waals surface area contributed by atoms with Crippen molar-refractivity contribution >= 4 is 57.7 Å². The van der Waals surface area contributed by atoms with Gasteiger partial charge in [0.25, 0.3) is 0 Å². The van der Waals surface area contributed by atoms with Crippen LogP contribution in [-0.2, 0) is 16.0 Å². The van der Waals surface area contributed by atoms with Crippen LogP contribution >= 0.6 is 23.2 Å². The van der Waals surface area contributed by atoms with Crippen molar-refractivity contribution in [2.24, 2.45) is 0 Å². The molecule has 0 radical (unpaired) electrons. The molecule has 0 spiro atoms. The van der Waals surface area contributed by atoms with Crippen molar-refractivity contribution in [1.29, 1.82) is 0 Å². The van der Waals surface area contributed by atoms with Crippen molar-refractivity contribution in [2.45, 2.75) is 13.3 Å². The number of amides is 2. The van der Waals surface area contributed by atoms with E-state index in [0.29, 0.717) is 27.5 Å². The third kappa shape index (κ3) is 4.42. The number of benzene rings is 1. The van der Waals surface area contributed by atoms with Crippen LogP contribution in [0.1, 0.15) is 12.5 Å². The zero-order chi connectivity index (χ0) is 22.8. The van der Waals surface area contributed by atoms with Gasteiger partial charge in [0.05, 0.1) is 28.8 Å². The van der Waals surface area contributed by atoms with E-state index >= 15 is 0 Å². The molecule has 4 aromatic rings. The lowest BCUT2D eigenvalue weighted by molar-refractivity contribution is -0.116. The molecule has 10 heteroatoms. The molecule has 1 aromatic carbocycles. The van der Waals surface area contributed by atoms with Gasteiger partial charge >= 0.3 is 0 Å². The van der Waals surface area contributed by atoms with E-state index in [1.54, 1.807) is 41.2 Å². The summed E-state index contributed by atoms with van der Waals surface area (Å²) in [5, 5.41) is 7.37. The summed E-state index contributed by atoms with van der Waals surface area (Å²) in [6.07, 6.45) is 4.71. The first kappa shape index (κ1) is 21.7. The van der Waals surface area contributed by atoms with E-state index in [4.69, 9.17) is 23.2 Å². The Morgan fingerprint density at radius 1 is 1.12 bits per heavy atom. The fourth-order valence-corrected chi connectivity index (χ4v) is 3.77. The van der Waals surface area contributed by atoms with E-state index < -0.39 is 5.82 Å². The molecule has 0 atom stereocenters. The third-order valence-electron chi connectivity index (χ3n) is 4.67. The Hall–Kier alpha value is -3.49. The number of fused-ring (bicyclic) bond motifs is 1. The smallest absolute Gasteiger partial charge is 0.229 e. The van der Waals surface area contributed by atoms with E-state index in [1.165, 1.54) is 30.2 Å². The van der Waals surface area contributed by atoms with Crippen LogP contribution in [0.4, 0.5) is 21.6 Å². The highest BCUT2D eigenvalue weighted by atomic mass is 35.5. The first-order valence-corrected chi connectivity index (χ1v) is 10.2. The second-order valence-corrected chi connectivity index (χ2v) is 7.68. The summed E-state index contributed by atoms with van der Waals surface area (Å²) in [5.74, 6) is -0.871. The van der Waals surface area contributed by atoms with Gasteiger partial charge < -0.3 is 5.32 Å². The van der Waals surface area contributed by atoms with Gasteiger partial charge in [0.15, 0.2) is 0 Å². The van der Waals surface area contributed by atoms with E-state index in [1.807, 2.05) is 0 Å². The topological polar surface area (TPSA) is 79.6 Å². The molecule has 2 amide bonds. The number of anilines is 3. The molecule has 7 nitrogen and oxygen atoms in total. The fraction of sp³-hybridized carbons (Fsp3) is 0.0909. The average Bonchev–Trinajstić information content (AvgIpc) is 3.22. The minimum absolute atomic E-state index is 0.0447. The molecule has 0 bridgehead atoms. The number of carbonyl (C=O) groups excluding carboxylic acids is 2. The number of aromatic nitrogens is 3. The Kier molecular flexibility index (Phi) is 6.07. The molecule has 0 saturated heterocycles. The Balaban J connectivity index is 1.60. The maximum Gasteiger partial charge on any atom is 0.229 e. The molecule has 0 aliphatic rings. The standard InChI is InChI=1S/C22H16Cl2FN5O2/c1-13(31)30(19-6-9-29-18(22(19)24)5-8-27-29)20-12-16(4-7-26-20)28-21(32)10-14-2-3-15(25)11-17(14)23/h2-9,11-12H,10H2,1H3,(H,26,28,32). The summed E-state index contributed by atoms with van der Waals surface area (Å²) in [6.45, 7) is 1.39. The van der Waals surface area contributed by atoms with Crippen LogP contribution in [0.25, 0.3) is 5.52 Å². The average molecular weight is 472 g/mol. The lowest BCUT2D eigenvalue weighted by Crippen LogP contribution is -2.24. The second kappa shape index (κ2) is 8.94. The molecule has 4 rings (SSSR count). The summed E-state index contributed by atoms with van der Waals surface area (Å²) in [4.78, 5) is 30.6. The van der Waals surface area contributed by atoms with Gasteiger partial charge in [0, 0.05) is 36.1 Å². The van der Waals surface area contributed by atoms with E-state index in [0.717, 1.165) is 6.07 Å². The number of pyridine rings is 2. The van der Waals surface area contributed by atoms with Crippen molar-refractivity contribution < 1.29 is 14.0 Å².